The lowest BCUT2D eigenvalue weighted by atomic mass is 10.1. The third-order valence-corrected chi connectivity index (χ3v) is 4.69. The van der Waals surface area contributed by atoms with Gasteiger partial charge in [0.2, 0.25) is 0 Å². The van der Waals surface area contributed by atoms with Gasteiger partial charge in [-0.05, 0) is 47.2 Å². The summed E-state index contributed by atoms with van der Waals surface area (Å²) in [7, 11) is 1.30. The summed E-state index contributed by atoms with van der Waals surface area (Å²) >= 11 is 0. The van der Waals surface area contributed by atoms with E-state index in [1.807, 2.05) is 37.3 Å². The molecule has 2 heterocycles. The number of aromatic nitrogens is 4. The Hall–Kier alpha value is -4.53. The number of carbonyl (C=O) groups is 2. The first-order valence-electron chi connectivity index (χ1n) is 9.66. The molecule has 4 aromatic rings. The molecule has 0 bridgehead atoms. The topological polar surface area (TPSA) is 112 Å². The van der Waals surface area contributed by atoms with Gasteiger partial charge in [0.15, 0.2) is 5.82 Å². The summed E-state index contributed by atoms with van der Waals surface area (Å²) in [4.78, 5) is 25.3. The monoisotopic (exact) mass is 429 g/mol. The van der Waals surface area contributed by atoms with Gasteiger partial charge in [-0.2, -0.15) is 4.68 Å². The van der Waals surface area contributed by atoms with E-state index in [1.54, 1.807) is 30.3 Å². The van der Waals surface area contributed by atoms with Crippen LogP contribution in [-0.2, 0) is 9.53 Å². The number of amides is 1. The normalized spacial score (nSPS) is 11.2. The van der Waals surface area contributed by atoms with E-state index in [2.05, 4.69) is 20.8 Å². The number of ether oxygens (including phenoxy) is 1. The van der Waals surface area contributed by atoms with Gasteiger partial charge in [-0.25, -0.2) is 4.79 Å². The van der Waals surface area contributed by atoms with Crippen LogP contribution in [0.3, 0.4) is 0 Å². The van der Waals surface area contributed by atoms with Gasteiger partial charge in [0.05, 0.1) is 18.9 Å². The van der Waals surface area contributed by atoms with Gasteiger partial charge in [-0.15, -0.1) is 5.10 Å². The van der Waals surface area contributed by atoms with Gasteiger partial charge in [-0.3, -0.25) is 4.79 Å². The Labute approximate surface area is 183 Å². The Morgan fingerprint density at radius 1 is 1.09 bits per heavy atom. The zero-order valence-electron chi connectivity index (χ0n) is 17.4. The van der Waals surface area contributed by atoms with Crippen LogP contribution in [0.2, 0.25) is 0 Å². The number of furan rings is 1. The number of aryl methyl sites for hydroxylation is 1. The van der Waals surface area contributed by atoms with Crippen molar-refractivity contribution < 1.29 is 18.7 Å². The Kier molecular flexibility index (Phi) is 5.89. The second kappa shape index (κ2) is 9.09. The molecule has 0 unspecified atom stereocenters. The van der Waals surface area contributed by atoms with Gasteiger partial charge in [-0.1, -0.05) is 36.4 Å². The second-order valence-corrected chi connectivity index (χ2v) is 6.80. The van der Waals surface area contributed by atoms with Crippen LogP contribution in [0.5, 0.6) is 0 Å². The minimum Gasteiger partial charge on any atom is -0.465 e. The summed E-state index contributed by atoms with van der Waals surface area (Å²) in [6, 6.07) is 17.6. The SMILES string of the molecule is COC(=O)c1ccc(C)c(NC(=O)/C(=C\c2ccco2)n2nnnc2-c2ccccc2)c1. The van der Waals surface area contributed by atoms with Gasteiger partial charge in [0.1, 0.15) is 11.5 Å². The first-order valence-corrected chi connectivity index (χ1v) is 9.66. The maximum atomic E-state index is 13.4. The summed E-state index contributed by atoms with van der Waals surface area (Å²) < 4.78 is 11.5. The van der Waals surface area contributed by atoms with E-state index in [0.29, 0.717) is 22.8 Å². The molecular formula is C23H19N5O4. The minimum atomic E-state index is -0.501. The molecule has 0 aliphatic carbocycles. The highest BCUT2D eigenvalue weighted by Crippen LogP contribution is 2.23. The van der Waals surface area contributed by atoms with Crippen molar-refractivity contribution in [3.8, 4) is 11.4 Å². The molecule has 0 fully saturated rings. The number of rotatable bonds is 6. The number of benzene rings is 2. The average Bonchev–Trinajstić information content (AvgIpc) is 3.51. The molecular weight excluding hydrogens is 410 g/mol. The Morgan fingerprint density at radius 3 is 2.62 bits per heavy atom. The number of hydrogen-bond donors (Lipinski definition) is 1. The molecule has 2 aromatic carbocycles. The number of esters is 1. The number of hydrogen-bond acceptors (Lipinski definition) is 7. The van der Waals surface area contributed by atoms with Crippen molar-refractivity contribution in [2.45, 2.75) is 6.92 Å². The molecule has 2 aromatic heterocycles. The van der Waals surface area contributed by atoms with Crippen LogP contribution in [0.25, 0.3) is 23.2 Å². The molecule has 0 aliphatic rings. The lowest BCUT2D eigenvalue weighted by Gasteiger charge is -2.13. The lowest BCUT2D eigenvalue weighted by Crippen LogP contribution is -2.20. The van der Waals surface area contributed by atoms with Crippen molar-refractivity contribution in [3.63, 3.8) is 0 Å². The largest absolute Gasteiger partial charge is 0.465 e. The standard InChI is InChI=1S/C23H19N5O4/c1-15-10-11-17(23(30)31-2)13-19(15)24-22(29)20(14-18-9-6-12-32-18)28-21(25-26-27-28)16-7-4-3-5-8-16/h3-14H,1-2H3,(H,24,29)/b20-14+. The highest BCUT2D eigenvalue weighted by atomic mass is 16.5. The summed E-state index contributed by atoms with van der Waals surface area (Å²) in [6.45, 7) is 1.82. The quantitative estimate of drug-likeness (QED) is 0.368. The van der Waals surface area contributed by atoms with Crippen molar-refractivity contribution in [3.05, 3.63) is 83.8 Å². The maximum Gasteiger partial charge on any atom is 0.337 e. The van der Waals surface area contributed by atoms with Crippen molar-refractivity contribution in [2.75, 3.05) is 12.4 Å². The number of nitrogens with zero attached hydrogens (tertiary/aromatic N) is 4. The summed E-state index contributed by atoms with van der Waals surface area (Å²) in [5.74, 6) is -0.155. The number of carbonyl (C=O) groups excluding carboxylic acids is 2. The molecule has 1 amide bonds. The number of methoxy groups -OCH3 is 1. The smallest absolute Gasteiger partial charge is 0.337 e. The summed E-state index contributed by atoms with van der Waals surface area (Å²) in [5, 5.41) is 14.7. The maximum absolute atomic E-state index is 13.4. The molecule has 4 rings (SSSR count). The van der Waals surface area contributed by atoms with Crippen LogP contribution in [0, 0.1) is 6.92 Å². The third kappa shape index (κ3) is 4.31. The molecule has 0 atom stereocenters. The highest BCUT2D eigenvalue weighted by Gasteiger charge is 2.21. The minimum absolute atomic E-state index is 0.131. The lowest BCUT2D eigenvalue weighted by molar-refractivity contribution is -0.111. The van der Waals surface area contributed by atoms with Crippen LogP contribution in [-0.4, -0.2) is 39.2 Å². The molecule has 0 saturated carbocycles. The van der Waals surface area contributed by atoms with E-state index >= 15 is 0 Å². The Bertz CT molecular complexity index is 1280. The molecule has 1 N–H and O–H groups in total. The predicted octanol–water partition coefficient (Wildman–Crippen LogP) is 3.66. The van der Waals surface area contributed by atoms with Crippen LogP contribution < -0.4 is 5.32 Å². The van der Waals surface area contributed by atoms with E-state index in [4.69, 9.17) is 9.15 Å². The molecule has 0 aliphatic heterocycles. The number of anilines is 1. The van der Waals surface area contributed by atoms with Crippen molar-refractivity contribution in [1.29, 1.82) is 0 Å². The Balaban J connectivity index is 1.75. The van der Waals surface area contributed by atoms with Crippen molar-refractivity contribution in [1.82, 2.24) is 20.2 Å². The van der Waals surface area contributed by atoms with Crippen molar-refractivity contribution in [2.24, 2.45) is 0 Å². The zero-order valence-corrected chi connectivity index (χ0v) is 17.4. The number of nitrogens with one attached hydrogen (secondary N) is 1. The second-order valence-electron chi connectivity index (χ2n) is 6.80. The molecule has 9 nitrogen and oxygen atoms in total. The van der Waals surface area contributed by atoms with Crippen LogP contribution in [0.1, 0.15) is 21.7 Å². The van der Waals surface area contributed by atoms with Crippen LogP contribution in [0.15, 0.2) is 71.3 Å². The zero-order chi connectivity index (χ0) is 22.5. The fourth-order valence-corrected chi connectivity index (χ4v) is 3.04. The van der Waals surface area contributed by atoms with Crippen molar-refractivity contribution >= 4 is 29.3 Å². The first-order chi connectivity index (χ1) is 15.6. The highest BCUT2D eigenvalue weighted by molar-refractivity contribution is 6.24. The third-order valence-electron chi connectivity index (χ3n) is 4.69. The fraction of sp³-hybridized carbons (Fsp3) is 0.0870. The number of tetrazole rings is 1. The molecule has 0 radical (unpaired) electrons. The van der Waals surface area contributed by atoms with Crippen LogP contribution in [0.4, 0.5) is 5.69 Å². The molecule has 32 heavy (non-hydrogen) atoms. The molecule has 0 saturated heterocycles. The van der Waals surface area contributed by atoms with Gasteiger partial charge in [0, 0.05) is 17.3 Å². The summed E-state index contributed by atoms with van der Waals surface area (Å²) in [5.41, 5.74) is 2.41. The molecule has 0 spiro atoms. The van der Waals surface area contributed by atoms with E-state index in [-0.39, 0.29) is 5.70 Å². The van der Waals surface area contributed by atoms with Gasteiger partial charge >= 0.3 is 5.97 Å². The van der Waals surface area contributed by atoms with Gasteiger partial charge < -0.3 is 14.5 Å². The van der Waals surface area contributed by atoms with E-state index in [1.165, 1.54) is 24.1 Å². The van der Waals surface area contributed by atoms with E-state index in [0.717, 1.165) is 11.1 Å². The average molecular weight is 429 g/mol. The summed E-state index contributed by atoms with van der Waals surface area (Å²) in [6.07, 6.45) is 3.04. The Morgan fingerprint density at radius 2 is 1.91 bits per heavy atom. The molecule has 9 heteroatoms. The van der Waals surface area contributed by atoms with E-state index in [9.17, 15) is 9.59 Å². The van der Waals surface area contributed by atoms with Gasteiger partial charge in [0.25, 0.3) is 5.91 Å². The predicted molar refractivity (Wildman–Crippen MR) is 117 cm³/mol. The fourth-order valence-electron chi connectivity index (χ4n) is 3.04. The van der Waals surface area contributed by atoms with E-state index < -0.39 is 11.9 Å². The molecule has 160 valence electrons. The van der Waals surface area contributed by atoms with Crippen LogP contribution >= 0.6 is 0 Å². The first kappa shape index (κ1) is 20.7.